The second-order valence-corrected chi connectivity index (χ2v) is 6.29. The zero-order chi connectivity index (χ0) is 15.5. The van der Waals surface area contributed by atoms with Gasteiger partial charge in [0.15, 0.2) is 5.82 Å². The Kier molecular flexibility index (Phi) is 5.13. The number of aromatic nitrogens is 2. The first-order chi connectivity index (χ1) is 9.87. The molecule has 0 bridgehead atoms. The normalized spacial score (nSPS) is 17.3. The lowest BCUT2D eigenvalue weighted by molar-refractivity contribution is 0.0344. The number of β-amino-alcohol motifs (C(OH)–C–C–N with tert-alkyl or cyclic N) is 1. The number of hydrogen-bond donors (Lipinski definition) is 1. The van der Waals surface area contributed by atoms with Crippen LogP contribution in [0.5, 0.6) is 0 Å². The average Bonchev–Trinajstić information content (AvgIpc) is 2.37. The maximum atomic E-state index is 9.89. The van der Waals surface area contributed by atoms with Crippen molar-refractivity contribution in [1.82, 2.24) is 14.9 Å². The number of ether oxygens (including phenoxy) is 1. The van der Waals surface area contributed by atoms with Crippen molar-refractivity contribution in [2.45, 2.75) is 33.0 Å². The van der Waals surface area contributed by atoms with E-state index in [1.165, 1.54) is 0 Å². The zero-order valence-corrected chi connectivity index (χ0v) is 13.5. The van der Waals surface area contributed by atoms with Crippen LogP contribution in [0.4, 0.5) is 5.82 Å². The summed E-state index contributed by atoms with van der Waals surface area (Å²) in [6.45, 7) is 10.5. The third-order valence-electron chi connectivity index (χ3n) is 3.47. The van der Waals surface area contributed by atoms with Gasteiger partial charge in [-0.3, -0.25) is 4.90 Å². The van der Waals surface area contributed by atoms with E-state index in [-0.39, 0.29) is 0 Å². The Hall–Kier alpha value is -1.24. The summed E-state index contributed by atoms with van der Waals surface area (Å²) >= 11 is 0. The molecule has 0 spiro atoms. The molecule has 2 rings (SSSR count). The zero-order valence-electron chi connectivity index (χ0n) is 13.5. The highest BCUT2D eigenvalue weighted by Crippen LogP contribution is 2.16. The molecular formula is C15H26N4O2. The summed E-state index contributed by atoms with van der Waals surface area (Å²) in [4.78, 5) is 13.5. The fourth-order valence-corrected chi connectivity index (χ4v) is 2.65. The number of aryl methyl sites for hydroxylation is 1. The molecule has 0 aliphatic carbocycles. The summed E-state index contributed by atoms with van der Waals surface area (Å²) in [6.07, 6.45) is 0. The monoisotopic (exact) mass is 294 g/mol. The molecular weight excluding hydrogens is 268 g/mol. The van der Waals surface area contributed by atoms with E-state index in [0.717, 1.165) is 43.5 Å². The molecule has 6 heteroatoms. The van der Waals surface area contributed by atoms with Gasteiger partial charge in [-0.1, -0.05) is 0 Å². The number of rotatable bonds is 5. The second kappa shape index (κ2) is 6.68. The Morgan fingerprint density at radius 2 is 1.90 bits per heavy atom. The SMILES string of the molecule is COCc1nc(C)cc(N2CCN(CC(C)(C)O)CC2)n1. The highest BCUT2D eigenvalue weighted by Gasteiger charge is 2.23. The van der Waals surface area contributed by atoms with Crippen LogP contribution in [0.1, 0.15) is 25.4 Å². The molecule has 1 saturated heterocycles. The number of anilines is 1. The van der Waals surface area contributed by atoms with Crippen molar-refractivity contribution < 1.29 is 9.84 Å². The number of piperazine rings is 1. The lowest BCUT2D eigenvalue weighted by Gasteiger charge is -2.37. The van der Waals surface area contributed by atoms with Crippen molar-refractivity contribution in [3.63, 3.8) is 0 Å². The molecule has 0 saturated carbocycles. The third-order valence-corrected chi connectivity index (χ3v) is 3.47. The van der Waals surface area contributed by atoms with Gasteiger partial charge < -0.3 is 14.7 Å². The van der Waals surface area contributed by atoms with Crippen LogP contribution < -0.4 is 4.90 Å². The van der Waals surface area contributed by atoms with E-state index in [2.05, 4.69) is 19.8 Å². The number of methoxy groups -OCH3 is 1. The van der Waals surface area contributed by atoms with Crippen LogP contribution >= 0.6 is 0 Å². The third kappa shape index (κ3) is 4.91. The van der Waals surface area contributed by atoms with Crippen LogP contribution in [0, 0.1) is 6.92 Å². The van der Waals surface area contributed by atoms with Gasteiger partial charge in [0.1, 0.15) is 12.4 Å². The van der Waals surface area contributed by atoms with E-state index in [0.29, 0.717) is 13.2 Å². The van der Waals surface area contributed by atoms with Crippen LogP contribution in [0.3, 0.4) is 0 Å². The molecule has 2 heterocycles. The van der Waals surface area contributed by atoms with E-state index in [4.69, 9.17) is 4.74 Å². The summed E-state index contributed by atoms with van der Waals surface area (Å²) in [7, 11) is 1.65. The van der Waals surface area contributed by atoms with Crippen molar-refractivity contribution >= 4 is 5.82 Å². The van der Waals surface area contributed by atoms with E-state index in [1.807, 2.05) is 26.8 Å². The highest BCUT2D eigenvalue weighted by molar-refractivity contribution is 5.40. The molecule has 0 radical (unpaired) electrons. The topological polar surface area (TPSA) is 61.7 Å². The largest absolute Gasteiger partial charge is 0.389 e. The lowest BCUT2D eigenvalue weighted by Crippen LogP contribution is -2.50. The van der Waals surface area contributed by atoms with Crippen LogP contribution in [-0.2, 0) is 11.3 Å². The maximum absolute atomic E-state index is 9.89. The quantitative estimate of drug-likeness (QED) is 0.868. The molecule has 6 nitrogen and oxygen atoms in total. The highest BCUT2D eigenvalue weighted by atomic mass is 16.5. The Balaban J connectivity index is 1.98. The van der Waals surface area contributed by atoms with E-state index >= 15 is 0 Å². The molecule has 0 aromatic carbocycles. The summed E-state index contributed by atoms with van der Waals surface area (Å²) in [5.74, 6) is 1.70. The Bertz CT molecular complexity index is 465. The Morgan fingerprint density at radius 3 is 2.48 bits per heavy atom. The molecule has 1 aliphatic rings. The van der Waals surface area contributed by atoms with Gasteiger partial charge in [-0.15, -0.1) is 0 Å². The van der Waals surface area contributed by atoms with Gasteiger partial charge in [-0.25, -0.2) is 9.97 Å². The lowest BCUT2D eigenvalue weighted by atomic mass is 10.1. The van der Waals surface area contributed by atoms with Crippen molar-refractivity contribution in [3.8, 4) is 0 Å². The standard InChI is InChI=1S/C15H26N4O2/c1-12-9-14(17-13(16-12)10-21-4)19-7-5-18(6-8-19)11-15(2,3)20/h9,20H,5-8,10-11H2,1-4H3. The van der Waals surface area contributed by atoms with Gasteiger partial charge in [-0.2, -0.15) is 0 Å². The van der Waals surface area contributed by atoms with Gasteiger partial charge in [0.25, 0.3) is 0 Å². The van der Waals surface area contributed by atoms with Crippen molar-refractivity contribution in [3.05, 3.63) is 17.6 Å². The Labute approximate surface area is 126 Å². The minimum absolute atomic E-state index is 0.438. The van der Waals surface area contributed by atoms with Gasteiger partial charge in [0.05, 0.1) is 5.60 Å². The first-order valence-electron chi connectivity index (χ1n) is 7.40. The predicted octanol–water partition coefficient (Wildman–Crippen LogP) is 0.824. The van der Waals surface area contributed by atoms with Crippen molar-refractivity contribution in [2.24, 2.45) is 0 Å². The number of aliphatic hydroxyl groups is 1. The summed E-state index contributed by atoms with van der Waals surface area (Å²) in [5.41, 5.74) is 0.324. The average molecular weight is 294 g/mol. The van der Waals surface area contributed by atoms with Crippen LogP contribution in [-0.4, -0.2) is 65.4 Å². The van der Waals surface area contributed by atoms with Crippen molar-refractivity contribution in [2.75, 3.05) is 44.7 Å². The minimum atomic E-state index is -0.640. The first-order valence-corrected chi connectivity index (χ1v) is 7.40. The molecule has 0 atom stereocenters. The maximum Gasteiger partial charge on any atom is 0.156 e. The van der Waals surface area contributed by atoms with Gasteiger partial charge >= 0.3 is 0 Å². The fraction of sp³-hybridized carbons (Fsp3) is 0.733. The van der Waals surface area contributed by atoms with Gasteiger partial charge in [-0.05, 0) is 20.8 Å². The molecule has 0 amide bonds. The number of hydrogen-bond acceptors (Lipinski definition) is 6. The molecule has 118 valence electrons. The minimum Gasteiger partial charge on any atom is -0.389 e. The molecule has 1 aromatic rings. The van der Waals surface area contributed by atoms with Crippen LogP contribution in [0.25, 0.3) is 0 Å². The van der Waals surface area contributed by atoms with E-state index < -0.39 is 5.60 Å². The molecule has 1 N–H and O–H groups in total. The van der Waals surface area contributed by atoms with Crippen LogP contribution in [0.2, 0.25) is 0 Å². The second-order valence-electron chi connectivity index (χ2n) is 6.29. The smallest absolute Gasteiger partial charge is 0.156 e. The van der Waals surface area contributed by atoms with E-state index in [9.17, 15) is 5.11 Å². The first kappa shape index (κ1) is 16.1. The summed E-state index contributed by atoms with van der Waals surface area (Å²) in [5, 5.41) is 9.89. The van der Waals surface area contributed by atoms with E-state index in [1.54, 1.807) is 7.11 Å². The number of nitrogens with zero attached hydrogens (tertiary/aromatic N) is 4. The molecule has 0 unspecified atom stereocenters. The molecule has 1 fully saturated rings. The summed E-state index contributed by atoms with van der Waals surface area (Å²) in [6, 6.07) is 2.02. The molecule has 1 aromatic heterocycles. The molecule has 21 heavy (non-hydrogen) atoms. The fourth-order valence-electron chi connectivity index (χ4n) is 2.65. The van der Waals surface area contributed by atoms with Crippen molar-refractivity contribution in [1.29, 1.82) is 0 Å². The molecule has 1 aliphatic heterocycles. The summed E-state index contributed by atoms with van der Waals surface area (Å²) < 4.78 is 5.12. The van der Waals surface area contributed by atoms with Gasteiger partial charge in [0.2, 0.25) is 0 Å². The van der Waals surface area contributed by atoms with Gasteiger partial charge in [0, 0.05) is 51.6 Å². The van der Waals surface area contributed by atoms with Crippen LogP contribution in [0.15, 0.2) is 6.07 Å². The Morgan fingerprint density at radius 1 is 1.24 bits per heavy atom. The predicted molar refractivity (Wildman–Crippen MR) is 82.4 cm³/mol.